The Balaban J connectivity index is 1.69. The summed E-state index contributed by atoms with van der Waals surface area (Å²) in [6, 6.07) is 14.1. The van der Waals surface area contributed by atoms with Crippen molar-refractivity contribution >= 4 is 46.6 Å². The Morgan fingerprint density at radius 2 is 1.85 bits per heavy atom. The lowest BCUT2D eigenvalue weighted by atomic mass is 10.2. The number of carbonyl (C=O) groups excluding carboxylic acids is 1. The maximum atomic E-state index is 12.0. The molecule has 1 aliphatic heterocycles. The van der Waals surface area contributed by atoms with Gasteiger partial charge in [0.1, 0.15) is 0 Å². The minimum atomic E-state index is -0.951. The second-order valence-electron chi connectivity index (χ2n) is 6.40. The molecule has 0 spiro atoms. The molecule has 0 unspecified atom stereocenters. The molecule has 0 aliphatic carbocycles. The highest BCUT2D eigenvalue weighted by atomic mass is 35.5. The molecule has 0 radical (unpaired) electrons. The Hall–Kier alpha value is -2.18. The number of fused-ring (bicyclic) bond motifs is 2. The summed E-state index contributed by atoms with van der Waals surface area (Å²) < 4.78 is 0. The summed E-state index contributed by atoms with van der Waals surface area (Å²) in [5, 5.41) is 9.40. The first-order valence-electron chi connectivity index (χ1n) is 8.75. The monoisotopic (exact) mass is 404 g/mol. The van der Waals surface area contributed by atoms with Gasteiger partial charge in [-0.1, -0.05) is 35.5 Å². The van der Waals surface area contributed by atoms with E-state index in [2.05, 4.69) is 17.0 Å². The number of nitrogens with zero attached hydrogens (tertiary/aromatic N) is 2. The van der Waals surface area contributed by atoms with Crippen LogP contribution in [0.5, 0.6) is 0 Å². The van der Waals surface area contributed by atoms with Gasteiger partial charge in [-0.25, -0.2) is 0 Å². The fourth-order valence-corrected chi connectivity index (χ4v) is 4.28. The van der Waals surface area contributed by atoms with E-state index in [1.165, 1.54) is 4.90 Å². The van der Waals surface area contributed by atoms with Crippen LogP contribution in [-0.4, -0.2) is 42.0 Å². The van der Waals surface area contributed by atoms with Crippen LogP contribution in [0.1, 0.15) is 19.3 Å². The number of carbonyl (C=O) groups is 2. The number of carboxylic acid groups (broad SMARTS) is 1. The maximum absolute atomic E-state index is 12.0. The van der Waals surface area contributed by atoms with E-state index in [1.807, 2.05) is 30.3 Å². The summed E-state index contributed by atoms with van der Waals surface area (Å²) >= 11 is 7.95. The number of carboxylic acids is 1. The molecule has 1 aliphatic rings. The number of benzene rings is 2. The van der Waals surface area contributed by atoms with E-state index in [9.17, 15) is 9.59 Å². The molecule has 7 heteroatoms. The van der Waals surface area contributed by atoms with Gasteiger partial charge in [-0.05, 0) is 36.8 Å². The quantitative estimate of drug-likeness (QED) is 0.727. The predicted octanol–water partition coefficient (Wildman–Crippen LogP) is 4.66. The highest BCUT2D eigenvalue weighted by Gasteiger charge is 2.23. The number of amides is 1. The fourth-order valence-electron chi connectivity index (χ4n) is 3.04. The highest BCUT2D eigenvalue weighted by molar-refractivity contribution is 7.99. The molecule has 5 nitrogen and oxygen atoms in total. The SMILES string of the molecule is CN(CCCN1c2ccccc2Sc2ccc(Cl)cc21)C(=O)CCC(=O)O. The molecule has 0 fully saturated rings. The number of halogens is 1. The first-order chi connectivity index (χ1) is 13.0. The molecule has 1 heterocycles. The Bertz CT molecular complexity index is 859. The van der Waals surface area contributed by atoms with E-state index in [-0.39, 0.29) is 18.7 Å². The average Bonchev–Trinajstić information content (AvgIpc) is 2.65. The maximum Gasteiger partial charge on any atom is 0.303 e. The van der Waals surface area contributed by atoms with Crippen molar-refractivity contribution in [3.05, 3.63) is 47.5 Å². The number of hydrogen-bond acceptors (Lipinski definition) is 4. The zero-order valence-electron chi connectivity index (χ0n) is 15.0. The number of aliphatic carboxylic acids is 1. The Kier molecular flexibility index (Phi) is 6.29. The van der Waals surface area contributed by atoms with Crippen LogP contribution in [0, 0.1) is 0 Å². The van der Waals surface area contributed by atoms with Crippen LogP contribution in [0.15, 0.2) is 52.3 Å². The van der Waals surface area contributed by atoms with Crippen molar-refractivity contribution in [1.29, 1.82) is 0 Å². The first kappa shape index (κ1) is 19.6. The van der Waals surface area contributed by atoms with Gasteiger partial charge in [0.15, 0.2) is 0 Å². The van der Waals surface area contributed by atoms with Crippen LogP contribution in [0.2, 0.25) is 5.02 Å². The second kappa shape index (κ2) is 8.67. The Labute approximate surface area is 167 Å². The lowest BCUT2D eigenvalue weighted by molar-refractivity contribution is -0.140. The van der Waals surface area contributed by atoms with Gasteiger partial charge < -0.3 is 14.9 Å². The average molecular weight is 405 g/mol. The molecule has 3 rings (SSSR count). The molecular weight excluding hydrogens is 384 g/mol. The van der Waals surface area contributed by atoms with Gasteiger partial charge >= 0.3 is 5.97 Å². The van der Waals surface area contributed by atoms with Gasteiger partial charge in [0.25, 0.3) is 0 Å². The summed E-state index contributed by atoms with van der Waals surface area (Å²) in [5.41, 5.74) is 2.21. The summed E-state index contributed by atoms with van der Waals surface area (Å²) in [6.07, 6.45) is 0.666. The van der Waals surface area contributed by atoms with Crippen LogP contribution < -0.4 is 4.90 Å². The standard InChI is InChI=1S/C20H21ClN2O3S/c1-22(19(24)9-10-20(25)26)11-4-12-23-15-5-2-3-6-17(15)27-18-8-7-14(21)13-16(18)23/h2-3,5-8,13H,4,9-12H2,1H3,(H,25,26). The van der Waals surface area contributed by atoms with Crippen LogP contribution in [0.4, 0.5) is 11.4 Å². The van der Waals surface area contributed by atoms with E-state index in [0.717, 1.165) is 29.2 Å². The topological polar surface area (TPSA) is 60.9 Å². The molecule has 0 saturated carbocycles. The van der Waals surface area contributed by atoms with Gasteiger partial charge in [0.2, 0.25) is 5.91 Å². The van der Waals surface area contributed by atoms with Crippen molar-refractivity contribution in [2.45, 2.75) is 29.1 Å². The Morgan fingerprint density at radius 1 is 1.11 bits per heavy atom. The molecule has 1 N–H and O–H groups in total. The lowest BCUT2D eigenvalue weighted by Gasteiger charge is -2.33. The molecule has 27 heavy (non-hydrogen) atoms. The van der Waals surface area contributed by atoms with E-state index in [0.29, 0.717) is 11.6 Å². The molecule has 0 bridgehead atoms. The summed E-state index contributed by atoms with van der Waals surface area (Å²) in [4.78, 5) is 28.8. The zero-order chi connectivity index (χ0) is 19.4. The molecule has 0 saturated heterocycles. The zero-order valence-corrected chi connectivity index (χ0v) is 16.6. The van der Waals surface area contributed by atoms with Gasteiger partial charge in [0, 0.05) is 41.4 Å². The number of para-hydroxylation sites is 1. The largest absolute Gasteiger partial charge is 0.481 e. The van der Waals surface area contributed by atoms with Gasteiger partial charge in [-0.3, -0.25) is 9.59 Å². The minimum Gasteiger partial charge on any atom is -0.481 e. The summed E-state index contributed by atoms with van der Waals surface area (Å²) in [6.45, 7) is 1.31. The van der Waals surface area contributed by atoms with Crippen LogP contribution in [-0.2, 0) is 9.59 Å². The molecule has 1 amide bonds. The summed E-state index contributed by atoms with van der Waals surface area (Å²) in [5.74, 6) is -1.09. The lowest BCUT2D eigenvalue weighted by Crippen LogP contribution is -2.31. The third-order valence-corrected chi connectivity index (χ3v) is 5.81. The van der Waals surface area contributed by atoms with E-state index in [1.54, 1.807) is 23.7 Å². The van der Waals surface area contributed by atoms with Gasteiger partial charge in [-0.15, -0.1) is 0 Å². The molecule has 2 aromatic carbocycles. The number of rotatable bonds is 7. The van der Waals surface area contributed by atoms with E-state index in [4.69, 9.17) is 16.7 Å². The number of anilines is 2. The van der Waals surface area contributed by atoms with Crippen molar-refractivity contribution in [2.75, 3.05) is 25.0 Å². The predicted molar refractivity (Wildman–Crippen MR) is 108 cm³/mol. The molecule has 0 atom stereocenters. The van der Waals surface area contributed by atoms with E-state index < -0.39 is 5.97 Å². The van der Waals surface area contributed by atoms with Crippen molar-refractivity contribution in [3.63, 3.8) is 0 Å². The Morgan fingerprint density at radius 3 is 2.63 bits per heavy atom. The molecular formula is C20H21ClN2O3S. The van der Waals surface area contributed by atoms with Crippen molar-refractivity contribution in [1.82, 2.24) is 4.90 Å². The minimum absolute atomic E-state index is 0.0352. The van der Waals surface area contributed by atoms with Crippen molar-refractivity contribution < 1.29 is 14.7 Å². The second-order valence-corrected chi connectivity index (χ2v) is 7.92. The van der Waals surface area contributed by atoms with Crippen molar-refractivity contribution in [3.8, 4) is 0 Å². The van der Waals surface area contributed by atoms with Crippen LogP contribution in [0.25, 0.3) is 0 Å². The van der Waals surface area contributed by atoms with Gasteiger partial charge in [-0.2, -0.15) is 0 Å². The third kappa shape index (κ3) is 4.76. The van der Waals surface area contributed by atoms with Crippen LogP contribution in [0.3, 0.4) is 0 Å². The number of hydrogen-bond donors (Lipinski definition) is 1. The summed E-state index contributed by atoms with van der Waals surface area (Å²) in [7, 11) is 1.72. The molecule has 142 valence electrons. The van der Waals surface area contributed by atoms with E-state index >= 15 is 0 Å². The normalized spacial score (nSPS) is 12.3. The molecule has 0 aromatic heterocycles. The highest BCUT2D eigenvalue weighted by Crippen LogP contribution is 2.48. The fraction of sp³-hybridized carbons (Fsp3) is 0.300. The first-order valence-corrected chi connectivity index (χ1v) is 9.95. The third-order valence-electron chi connectivity index (χ3n) is 4.44. The smallest absolute Gasteiger partial charge is 0.303 e. The van der Waals surface area contributed by atoms with Crippen molar-refractivity contribution in [2.24, 2.45) is 0 Å². The molecule has 2 aromatic rings. The van der Waals surface area contributed by atoms with Crippen LogP contribution >= 0.6 is 23.4 Å². The van der Waals surface area contributed by atoms with Gasteiger partial charge in [0.05, 0.1) is 17.8 Å².